The number of benzene rings is 1. The molecule has 13 heavy (non-hydrogen) atoms. The second-order valence-electron chi connectivity index (χ2n) is 3.76. The molecule has 0 amide bonds. The zero-order chi connectivity index (χ0) is 8.84. The van der Waals surface area contributed by atoms with E-state index in [4.69, 9.17) is 9.47 Å². The van der Waals surface area contributed by atoms with Crippen LogP contribution in [0.3, 0.4) is 0 Å². The lowest BCUT2D eigenvalue weighted by atomic mass is 10.0. The molecule has 2 atom stereocenters. The van der Waals surface area contributed by atoms with Crippen molar-refractivity contribution in [1.29, 1.82) is 0 Å². The van der Waals surface area contributed by atoms with Gasteiger partial charge >= 0.3 is 0 Å². The summed E-state index contributed by atoms with van der Waals surface area (Å²) in [6, 6.07) is 6.54. The minimum Gasteiger partial charge on any atom is -0.368 e. The van der Waals surface area contributed by atoms with E-state index in [1.54, 1.807) is 0 Å². The van der Waals surface area contributed by atoms with Crippen molar-refractivity contribution in [2.24, 2.45) is 0 Å². The summed E-state index contributed by atoms with van der Waals surface area (Å²) in [7, 11) is 0. The molecule has 2 unspecified atom stereocenters. The first-order valence-electron chi connectivity index (χ1n) is 4.68. The first kappa shape index (κ1) is 7.54. The molecule has 3 rings (SSSR count). The molecule has 2 heteroatoms. The van der Waals surface area contributed by atoms with Gasteiger partial charge in [-0.1, -0.05) is 18.2 Å². The SMILES string of the molecule is Cc1cc(C2CO2)ccc1C1CO1. The number of aryl methyl sites for hydroxylation is 1. The minimum absolute atomic E-state index is 0.368. The molecule has 0 aliphatic carbocycles. The standard InChI is InChI=1S/C11H12O2/c1-7-4-8(10-5-12-10)2-3-9(7)11-6-13-11/h2-4,10-11H,5-6H2,1H3. The van der Waals surface area contributed by atoms with Gasteiger partial charge in [0, 0.05) is 0 Å². The van der Waals surface area contributed by atoms with Crippen LogP contribution in [0, 0.1) is 6.92 Å². The van der Waals surface area contributed by atoms with Crippen LogP contribution in [0.4, 0.5) is 0 Å². The van der Waals surface area contributed by atoms with E-state index in [0.29, 0.717) is 12.2 Å². The average molecular weight is 176 g/mol. The zero-order valence-electron chi connectivity index (χ0n) is 7.62. The normalized spacial score (nSPS) is 30.2. The Labute approximate surface area is 77.5 Å². The van der Waals surface area contributed by atoms with Crippen molar-refractivity contribution >= 4 is 0 Å². The Morgan fingerprint density at radius 3 is 2.38 bits per heavy atom. The Morgan fingerprint density at radius 2 is 1.85 bits per heavy atom. The van der Waals surface area contributed by atoms with Crippen LogP contribution in [0.1, 0.15) is 28.9 Å². The first-order valence-corrected chi connectivity index (χ1v) is 4.68. The quantitative estimate of drug-likeness (QED) is 0.645. The van der Waals surface area contributed by atoms with Crippen LogP contribution in [-0.2, 0) is 9.47 Å². The highest BCUT2D eigenvalue weighted by Crippen LogP contribution is 2.36. The number of ether oxygens (including phenoxy) is 2. The molecular weight excluding hydrogens is 164 g/mol. The molecule has 2 heterocycles. The van der Waals surface area contributed by atoms with Gasteiger partial charge in [-0.05, 0) is 23.6 Å². The highest BCUT2D eigenvalue weighted by molar-refractivity contribution is 5.35. The van der Waals surface area contributed by atoms with Crippen LogP contribution >= 0.6 is 0 Å². The largest absolute Gasteiger partial charge is 0.368 e. The third kappa shape index (κ3) is 1.36. The highest BCUT2D eigenvalue weighted by Gasteiger charge is 2.29. The first-order chi connectivity index (χ1) is 6.34. The lowest BCUT2D eigenvalue weighted by Crippen LogP contribution is -1.89. The number of epoxide rings is 2. The molecule has 2 aliphatic rings. The second kappa shape index (κ2) is 2.56. The van der Waals surface area contributed by atoms with Gasteiger partial charge in [0.25, 0.3) is 0 Å². The third-order valence-electron chi connectivity index (χ3n) is 2.68. The minimum atomic E-state index is 0.368. The highest BCUT2D eigenvalue weighted by atomic mass is 16.6. The van der Waals surface area contributed by atoms with Crippen molar-refractivity contribution in [1.82, 2.24) is 0 Å². The van der Waals surface area contributed by atoms with Crippen molar-refractivity contribution in [3.8, 4) is 0 Å². The maximum atomic E-state index is 5.26. The molecule has 0 N–H and O–H groups in total. The van der Waals surface area contributed by atoms with Gasteiger partial charge in [-0.15, -0.1) is 0 Å². The summed E-state index contributed by atoms with van der Waals surface area (Å²) >= 11 is 0. The van der Waals surface area contributed by atoms with Gasteiger partial charge in [0.1, 0.15) is 12.2 Å². The molecule has 0 saturated carbocycles. The van der Waals surface area contributed by atoms with Crippen molar-refractivity contribution in [3.05, 3.63) is 34.9 Å². The Kier molecular flexibility index (Phi) is 1.49. The van der Waals surface area contributed by atoms with Crippen molar-refractivity contribution in [2.75, 3.05) is 13.2 Å². The predicted octanol–water partition coefficient (Wildman–Crippen LogP) is 2.14. The van der Waals surface area contributed by atoms with Gasteiger partial charge in [0.05, 0.1) is 13.2 Å². The average Bonchev–Trinajstić information content (AvgIpc) is 3.00. The van der Waals surface area contributed by atoms with Gasteiger partial charge in [-0.25, -0.2) is 0 Å². The van der Waals surface area contributed by atoms with E-state index in [1.807, 2.05) is 0 Å². The lowest BCUT2D eigenvalue weighted by Gasteiger charge is -2.03. The fraction of sp³-hybridized carbons (Fsp3) is 0.455. The summed E-state index contributed by atoms with van der Waals surface area (Å²) in [5.41, 5.74) is 3.97. The van der Waals surface area contributed by atoms with Gasteiger partial charge in [-0.3, -0.25) is 0 Å². The molecule has 1 aromatic rings. The molecule has 68 valence electrons. The van der Waals surface area contributed by atoms with Crippen molar-refractivity contribution in [2.45, 2.75) is 19.1 Å². The molecule has 2 nitrogen and oxygen atoms in total. The summed E-state index contributed by atoms with van der Waals surface area (Å²) in [5.74, 6) is 0. The van der Waals surface area contributed by atoms with Gasteiger partial charge in [0.15, 0.2) is 0 Å². The maximum Gasteiger partial charge on any atom is 0.106 e. The number of rotatable bonds is 2. The van der Waals surface area contributed by atoms with E-state index < -0.39 is 0 Å². The van der Waals surface area contributed by atoms with E-state index in [0.717, 1.165) is 13.2 Å². The third-order valence-corrected chi connectivity index (χ3v) is 2.68. The second-order valence-corrected chi connectivity index (χ2v) is 3.76. The van der Waals surface area contributed by atoms with E-state index in [2.05, 4.69) is 25.1 Å². The van der Waals surface area contributed by atoms with Crippen LogP contribution in [-0.4, -0.2) is 13.2 Å². The Hall–Kier alpha value is -0.860. The summed E-state index contributed by atoms with van der Waals surface area (Å²) in [4.78, 5) is 0. The van der Waals surface area contributed by atoms with Crippen LogP contribution in [0.2, 0.25) is 0 Å². The van der Waals surface area contributed by atoms with Crippen LogP contribution in [0.5, 0.6) is 0 Å². The van der Waals surface area contributed by atoms with E-state index in [9.17, 15) is 0 Å². The molecule has 0 bridgehead atoms. The Balaban J connectivity index is 1.95. The van der Waals surface area contributed by atoms with E-state index in [1.165, 1.54) is 16.7 Å². The summed E-state index contributed by atoms with van der Waals surface area (Å²) in [6.07, 6.45) is 0.738. The fourth-order valence-electron chi connectivity index (χ4n) is 1.73. The summed E-state index contributed by atoms with van der Waals surface area (Å²) in [6.45, 7) is 3.92. The number of hydrogen-bond donors (Lipinski definition) is 0. The molecule has 2 aliphatic heterocycles. The van der Waals surface area contributed by atoms with Crippen molar-refractivity contribution in [3.63, 3.8) is 0 Å². The fourth-order valence-corrected chi connectivity index (χ4v) is 1.73. The smallest absolute Gasteiger partial charge is 0.106 e. The van der Waals surface area contributed by atoms with Crippen LogP contribution < -0.4 is 0 Å². The topological polar surface area (TPSA) is 25.1 Å². The zero-order valence-corrected chi connectivity index (χ0v) is 7.62. The molecule has 2 fully saturated rings. The predicted molar refractivity (Wildman–Crippen MR) is 48.6 cm³/mol. The van der Waals surface area contributed by atoms with Crippen molar-refractivity contribution < 1.29 is 9.47 Å². The van der Waals surface area contributed by atoms with E-state index in [-0.39, 0.29) is 0 Å². The van der Waals surface area contributed by atoms with Gasteiger partial charge in [-0.2, -0.15) is 0 Å². The molecule has 0 aromatic heterocycles. The molecular formula is C11H12O2. The Bertz CT molecular complexity index is 338. The Morgan fingerprint density at radius 1 is 1.15 bits per heavy atom. The number of hydrogen-bond acceptors (Lipinski definition) is 2. The maximum absolute atomic E-state index is 5.26. The van der Waals surface area contributed by atoms with Crippen LogP contribution in [0.15, 0.2) is 18.2 Å². The molecule has 0 spiro atoms. The monoisotopic (exact) mass is 176 g/mol. The summed E-state index contributed by atoms with van der Waals surface area (Å²) < 4.78 is 10.5. The van der Waals surface area contributed by atoms with E-state index >= 15 is 0 Å². The van der Waals surface area contributed by atoms with Gasteiger partial charge < -0.3 is 9.47 Å². The molecule has 1 aromatic carbocycles. The van der Waals surface area contributed by atoms with Crippen LogP contribution in [0.25, 0.3) is 0 Å². The lowest BCUT2D eigenvalue weighted by molar-refractivity contribution is 0.412. The molecule has 0 radical (unpaired) electrons. The van der Waals surface area contributed by atoms with Gasteiger partial charge in [0.2, 0.25) is 0 Å². The molecule has 2 saturated heterocycles. The summed E-state index contributed by atoms with van der Waals surface area (Å²) in [5, 5.41) is 0.